The van der Waals surface area contributed by atoms with Gasteiger partial charge in [0.2, 0.25) is 11.8 Å². The number of benzene rings is 1. The molecule has 3 aliphatic heterocycles. The van der Waals surface area contributed by atoms with E-state index in [0.717, 1.165) is 83.1 Å². The van der Waals surface area contributed by atoms with Gasteiger partial charge < -0.3 is 15.1 Å². The lowest BCUT2D eigenvalue weighted by Crippen LogP contribution is -2.57. The van der Waals surface area contributed by atoms with Crippen LogP contribution in [0.15, 0.2) is 18.2 Å². The standard InChI is InChI=1S/C28H40N4O3/c33-26(29-22-11-5-2-1-3-6-12-22)20-32-25-19-21(27(34)30-16-8-4-9-17-30)14-15-23(25)31-18-10-7-13-24(31)28(32)35/h14-15,19,22,24H,1-13,16-18,20H2,(H,29,33)/t24-/m0/s1. The number of nitrogens with zero attached hydrogens (tertiary/aromatic N) is 3. The second-order valence-corrected chi connectivity index (χ2v) is 10.8. The van der Waals surface area contributed by atoms with E-state index >= 15 is 0 Å². The molecular weight excluding hydrogens is 440 g/mol. The normalized spacial score (nSPS) is 23.7. The third-order valence-electron chi connectivity index (χ3n) is 8.29. The Labute approximate surface area is 209 Å². The minimum Gasteiger partial charge on any atom is -0.358 e. The zero-order chi connectivity index (χ0) is 24.2. The Hall–Kier alpha value is -2.57. The molecule has 1 aromatic carbocycles. The molecule has 7 nitrogen and oxygen atoms in total. The molecule has 5 rings (SSSR count). The van der Waals surface area contributed by atoms with Crippen molar-refractivity contribution in [2.45, 2.75) is 95.6 Å². The van der Waals surface area contributed by atoms with Gasteiger partial charge in [-0.25, -0.2) is 0 Å². The summed E-state index contributed by atoms with van der Waals surface area (Å²) in [5.41, 5.74) is 2.30. The Balaban J connectivity index is 1.38. The molecule has 3 amide bonds. The summed E-state index contributed by atoms with van der Waals surface area (Å²) in [6, 6.07) is 5.74. The van der Waals surface area contributed by atoms with Crippen LogP contribution in [0.3, 0.4) is 0 Å². The molecule has 1 N–H and O–H groups in total. The topological polar surface area (TPSA) is 73.0 Å². The van der Waals surface area contributed by atoms with Crippen LogP contribution in [-0.4, -0.2) is 60.9 Å². The lowest BCUT2D eigenvalue weighted by atomic mass is 9.95. The van der Waals surface area contributed by atoms with Gasteiger partial charge in [0.05, 0.1) is 11.4 Å². The van der Waals surface area contributed by atoms with Crippen molar-refractivity contribution in [1.82, 2.24) is 10.2 Å². The van der Waals surface area contributed by atoms with Gasteiger partial charge in [-0.1, -0.05) is 32.1 Å². The minimum atomic E-state index is -0.214. The van der Waals surface area contributed by atoms with Crippen molar-refractivity contribution < 1.29 is 14.4 Å². The SMILES string of the molecule is O=C(CN1C(=O)[C@@H]2CCCCN2c2ccc(C(=O)N3CCCCC3)cc21)NC1CCCCCCC1. The Morgan fingerprint density at radius 2 is 1.46 bits per heavy atom. The fourth-order valence-corrected chi connectivity index (χ4v) is 6.35. The summed E-state index contributed by atoms with van der Waals surface area (Å²) in [5, 5.41) is 3.22. The maximum absolute atomic E-state index is 13.6. The Morgan fingerprint density at radius 1 is 0.800 bits per heavy atom. The summed E-state index contributed by atoms with van der Waals surface area (Å²) < 4.78 is 0. The van der Waals surface area contributed by atoms with Crippen LogP contribution in [0.4, 0.5) is 11.4 Å². The van der Waals surface area contributed by atoms with Crippen LogP contribution in [0, 0.1) is 0 Å². The molecule has 1 aromatic rings. The number of piperidine rings is 2. The van der Waals surface area contributed by atoms with Gasteiger partial charge in [0.25, 0.3) is 5.91 Å². The maximum Gasteiger partial charge on any atom is 0.253 e. The highest BCUT2D eigenvalue weighted by atomic mass is 16.2. The van der Waals surface area contributed by atoms with Crippen molar-refractivity contribution in [2.75, 3.05) is 36.0 Å². The summed E-state index contributed by atoms with van der Waals surface area (Å²) in [4.78, 5) is 45.8. The summed E-state index contributed by atoms with van der Waals surface area (Å²) in [6.45, 7) is 2.44. The van der Waals surface area contributed by atoms with Gasteiger partial charge in [0.15, 0.2) is 0 Å². The van der Waals surface area contributed by atoms with Gasteiger partial charge in [-0.05, 0) is 69.6 Å². The van der Waals surface area contributed by atoms with E-state index in [0.29, 0.717) is 11.3 Å². The van der Waals surface area contributed by atoms with E-state index in [1.165, 1.54) is 25.7 Å². The fraction of sp³-hybridized carbons (Fsp3) is 0.679. The first-order valence-corrected chi connectivity index (χ1v) is 13.9. The number of anilines is 2. The monoisotopic (exact) mass is 480 g/mol. The van der Waals surface area contributed by atoms with E-state index in [1.807, 2.05) is 23.1 Å². The molecule has 2 saturated heterocycles. The molecular formula is C28H40N4O3. The van der Waals surface area contributed by atoms with Gasteiger partial charge in [-0.15, -0.1) is 0 Å². The van der Waals surface area contributed by atoms with E-state index in [4.69, 9.17) is 0 Å². The zero-order valence-corrected chi connectivity index (χ0v) is 21.0. The van der Waals surface area contributed by atoms with Gasteiger partial charge in [0, 0.05) is 31.2 Å². The number of amides is 3. The quantitative estimate of drug-likeness (QED) is 0.699. The number of fused-ring (bicyclic) bond motifs is 3. The molecule has 35 heavy (non-hydrogen) atoms. The molecule has 0 bridgehead atoms. The first kappa shape index (κ1) is 24.1. The molecule has 0 spiro atoms. The van der Waals surface area contributed by atoms with Crippen LogP contribution in [0.1, 0.15) is 93.8 Å². The molecule has 0 aromatic heterocycles. The van der Waals surface area contributed by atoms with Crippen molar-refractivity contribution in [3.8, 4) is 0 Å². The predicted octanol–water partition coefficient (Wildman–Crippen LogP) is 4.25. The highest BCUT2D eigenvalue weighted by molar-refractivity contribution is 6.09. The number of hydrogen-bond donors (Lipinski definition) is 1. The maximum atomic E-state index is 13.6. The second-order valence-electron chi connectivity index (χ2n) is 10.8. The average molecular weight is 481 g/mol. The van der Waals surface area contributed by atoms with Crippen LogP contribution < -0.4 is 15.1 Å². The van der Waals surface area contributed by atoms with Gasteiger partial charge in [0.1, 0.15) is 12.6 Å². The highest BCUT2D eigenvalue weighted by Crippen LogP contribution is 2.40. The molecule has 1 aliphatic carbocycles. The molecule has 1 atom stereocenters. The van der Waals surface area contributed by atoms with E-state index in [-0.39, 0.29) is 36.3 Å². The Kier molecular flexibility index (Phi) is 7.59. The molecule has 1 saturated carbocycles. The molecule has 190 valence electrons. The number of hydrogen-bond acceptors (Lipinski definition) is 4. The summed E-state index contributed by atoms with van der Waals surface area (Å²) in [6.07, 6.45) is 14.2. The van der Waals surface area contributed by atoms with Crippen LogP contribution in [0.5, 0.6) is 0 Å². The van der Waals surface area contributed by atoms with E-state index in [9.17, 15) is 14.4 Å². The molecule has 7 heteroatoms. The molecule has 0 unspecified atom stereocenters. The second kappa shape index (κ2) is 11.0. The highest BCUT2D eigenvalue weighted by Gasteiger charge is 2.40. The van der Waals surface area contributed by atoms with Gasteiger partial charge in [-0.2, -0.15) is 0 Å². The Morgan fingerprint density at radius 3 is 2.23 bits per heavy atom. The summed E-state index contributed by atoms with van der Waals surface area (Å²) >= 11 is 0. The summed E-state index contributed by atoms with van der Waals surface area (Å²) in [7, 11) is 0. The lowest BCUT2D eigenvalue weighted by molar-refractivity contribution is -0.125. The first-order chi connectivity index (χ1) is 17.1. The van der Waals surface area contributed by atoms with Crippen LogP contribution in [0.25, 0.3) is 0 Å². The van der Waals surface area contributed by atoms with Crippen molar-refractivity contribution >= 4 is 29.1 Å². The molecule has 4 aliphatic rings. The number of carbonyl (C=O) groups is 3. The Bertz CT molecular complexity index is 934. The van der Waals surface area contributed by atoms with Crippen LogP contribution in [0.2, 0.25) is 0 Å². The van der Waals surface area contributed by atoms with Gasteiger partial charge in [-0.3, -0.25) is 19.3 Å². The third kappa shape index (κ3) is 5.34. The largest absolute Gasteiger partial charge is 0.358 e. The predicted molar refractivity (Wildman–Crippen MR) is 138 cm³/mol. The third-order valence-corrected chi connectivity index (χ3v) is 8.29. The van der Waals surface area contributed by atoms with E-state index in [1.54, 1.807) is 4.90 Å². The number of nitrogens with one attached hydrogen (secondary N) is 1. The van der Waals surface area contributed by atoms with Gasteiger partial charge >= 0.3 is 0 Å². The molecule has 3 fully saturated rings. The smallest absolute Gasteiger partial charge is 0.253 e. The number of likely N-dealkylation sites (tertiary alicyclic amines) is 1. The van der Waals surface area contributed by atoms with Crippen molar-refractivity contribution in [3.05, 3.63) is 23.8 Å². The average Bonchev–Trinajstić information content (AvgIpc) is 2.88. The zero-order valence-electron chi connectivity index (χ0n) is 21.0. The molecule has 3 heterocycles. The lowest BCUT2D eigenvalue weighted by Gasteiger charge is -2.45. The minimum absolute atomic E-state index is 0.00686. The first-order valence-electron chi connectivity index (χ1n) is 13.9. The van der Waals surface area contributed by atoms with Crippen LogP contribution in [-0.2, 0) is 9.59 Å². The van der Waals surface area contributed by atoms with E-state index < -0.39 is 0 Å². The van der Waals surface area contributed by atoms with Crippen molar-refractivity contribution in [2.24, 2.45) is 0 Å². The van der Waals surface area contributed by atoms with Crippen molar-refractivity contribution in [3.63, 3.8) is 0 Å². The van der Waals surface area contributed by atoms with E-state index in [2.05, 4.69) is 10.2 Å². The van der Waals surface area contributed by atoms with Crippen molar-refractivity contribution in [1.29, 1.82) is 0 Å². The number of carbonyl (C=O) groups excluding carboxylic acids is 3. The summed E-state index contributed by atoms with van der Waals surface area (Å²) in [5.74, 6) is -0.0703. The molecule has 0 radical (unpaired) electrons. The number of rotatable bonds is 4. The van der Waals surface area contributed by atoms with Crippen LogP contribution >= 0.6 is 0 Å². The fourth-order valence-electron chi connectivity index (χ4n) is 6.35.